The van der Waals surface area contributed by atoms with E-state index in [9.17, 15) is 0 Å². The number of anilines is 1. The van der Waals surface area contributed by atoms with Crippen molar-refractivity contribution in [3.63, 3.8) is 0 Å². The Morgan fingerprint density at radius 1 is 1.33 bits per heavy atom. The van der Waals surface area contributed by atoms with Gasteiger partial charge in [-0.1, -0.05) is 18.2 Å². The number of fused-ring (bicyclic) bond motifs is 1. The molecule has 0 radical (unpaired) electrons. The first-order valence-electron chi connectivity index (χ1n) is 6.62. The molecule has 0 amide bonds. The van der Waals surface area contributed by atoms with Crippen LogP contribution in [0.25, 0.3) is 16.9 Å². The summed E-state index contributed by atoms with van der Waals surface area (Å²) < 4.78 is 8.08. The number of aromatic nitrogens is 2. The van der Waals surface area contributed by atoms with Gasteiger partial charge in [-0.15, -0.1) is 0 Å². The van der Waals surface area contributed by atoms with Crippen LogP contribution in [0, 0.1) is 6.92 Å². The Morgan fingerprint density at radius 2 is 2.14 bits per heavy atom. The smallest absolute Gasteiger partial charge is 0.142 e. The number of nitrogens with two attached hydrogens (primary N) is 1. The molecule has 21 heavy (non-hydrogen) atoms. The lowest BCUT2D eigenvalue weighted by Crippen LogP contribution is -1.95. The topological polar surface area (TPSA) is 52.5 Å². The predicted molar refractivity (Wildman–Crippen MR) is 88.2 cm³/mol. The summed E-state index contributed by atoms with van der Waals surface area (Å²) in [6.45, 7) is 2.60. The lowest BCUT2D eigenvalue weighted by atomic mass is 10.1. The summed E-state index contributed by atoms with van der Waals surface area (Å²) in [6, 6.07) is 10.1. The molecule has 0 aliphatic rings. The fraction of sp³-hybridized carbons (Fsp3) is 0.188. The molecule has 0 fully saturated rings. The maximum absolute atomic E-state index is 6.28. The summed E-state index contributed by atoms with van der Waals surface area (Å²) in [7, 11) is 1.69. The van der Waals surface area contributed by atoms with Crippen molar-refractivity contribution < 1.29 is 4.74 Å². The Labute approximate surface area is 131 Å². The molecule has 0 unspecified atom stereocenters. The van der Waals surface area contributed by atoms with E-state index in [1.54, 1.807) is 7.11 Å². The number of rotatable bonds is 3. The molecule has 0 atom stereocenters. The van der Waals surface area contributed by atoms with Crippen molar-refractivity contribution in [1.29, 1.82) is 0 Å². The van der Waals surface area contributed by atoms with E-state index in [0.717, 1.165) is 32.5 Å². The van der Waals surface area contributed by atoms with Crippen molar-refractivity contribution in [3.05, 3.63) is 52.1 Å². The molecular formula is C16H16BrN3O. The zero-order chi connectivity index (χ0) is 15.0. The third kappa shape index (κ3) is 2.54. The van der Waals surface area contributed by atoms with Crippen LogP contribution in [-0.4, -0.2) is 16.5 Å². The highest BCUT2D eigenvalue weighted by atomic mass is 79.9. The zero-order valence-electron chi connectivity index (χ0n) is 11.9. The third-order valence-corrected chi connectivity index (χ3v) is 3.85. The highest BCUT2D eigenvalue weighted by Crippen LogP contribution is 2.29. The maximum atomic E-state index is 6.28. The van der Waals surface area contributed by atoms with Gasteiger partial charge in [0.25, 0.3) is 0 Å². The van der Waals surface area contributed by atoms with Crippen LogP contribution in [0.2, 0.25) is 0 Å². The quantitative estimate of drug-likeness (QED) is 0.785. The number of methoxy groups -OCH3 is 1. The van der Waals surface area contributed by atoms with Crippen molar-refractivity contribution in [2.24, 2.45) is 0 Å². The van der Waals surface area contributed by atoms with Crippen LogP contribution in [0.4, 0.5) is 5.82 Å². The van der Waals surface area contributed by atoms with E-state index in [-0.39, 0.29) is 0 Å². The lowest BCUT2D eigenvalue weighted by molar-refractivity contribution is 0.185. The normalized spacial score (nSPS) is 11.2. The van der Waals surface area contributed by atoms with Crippen molar-refractivity contribution in [2.45, 2.75) is 13.5 Å². The molecule has 5 heteroatoms. The van der Waals surface area contributed by atoms with Crippen molar-refractivity contribution in [1.82, 2.24) is 9.38 Å². The van der Waals surface area contributed by atoms with Gasteiger partial charge in [-0.3, -0.25) is 4.40 Å². The highest BCUT2D eigenvalue weighted by molar-refractivity contribution is 9.10. The zero-order valence-corrected chi connectivity index (χ0v) is 13.5. The third-order valence-electron chi connectivity index (χ3n) is 3.42. The van der Waals surface area contributed by atoms with Crippen LogP contribution < -0.4 is 5.73 Å². The van der Waals surface area contributed by atoms with Crippen molar-refractivity contribution in [3.8, 4) is 11.3 Å². The standard InChI is InChI=1S/C16H16BrN3O/c1-10-6-13(17)8-20-15(18)14(19-16(10)20)12-5-3-4-11(7-12)9-21-2/h3-8H,9,18H2,1-2H3. The first-order chi connectivity index (χ1) is 10.1. The van der Waals surface area contributed by atoms with Gasteiger partial charge in [0.15, 0.2) is 0 Å². The van der Waals surface area contributed by atoms with Gasteiger partial charge >= 0.3 is 0 Å². The van der Waals surface area contributed by atoms with E-state index in [0.29, 0.717) is 12.4 Å². The molecule has 3 rings (SSSR count). The van der Waals surface area contributed by atoms with Gasteiger partial charge in [-0.25, -0.2) is 4.98 Å². The molecule has 0 spiro atoms. The van der Waals surface area contributed by atoms with Gasteiger partial charge in [0.05, 0.1) is 6.61 Å². The minimum atomic E-state index is 0.575. The summed E-state index contributed by atoms with van der Waals surface area (Å²) in [5.41, 5.74) is 11.1. The Hall–Kier alpha value is -1.85. The average molecular weight is 346 g/mol. The molecule has 0 aliphatic carbocycles. The molecule has 108 valence electrons. The maximum Gasteiger partial charge on any atom is 0.142 e. The number of nitrogens with zero attached hydrogens (tertiary/aromatic N) is 2. The fourth-order valence-electron chi connectivity index (χ4n) is 2.47. The summed E-state index contributed by atoms with van der Waals surface area (Å²) in [5, 5.41) is 0. The second kappa shape index (κ2) is 5.50. The molecule has 0 saturated heterocycles. The van der Waals surface area contributed by atoms with Gasteiger partial charge < -0.3 is 10.5 Å². The van der Waals surface area contributed by atoms with Crippen LogP contribution in [-0.2, 0) is 11.3 Å². The average Bonchev–Trinajstić information content (AvgIpc) is 2.78. The number of pyridine rings is 1. The fourth-order valence-corrected chi connectivity index (χ4v) is 3.02. The molecule has 0 saturated carbocycles. The molecule has 0 aliphatic heterocycles. The molecule has 4 nitrogen and oxygen atoms in total. The second-order valence-corrected chi connectivity index (χ2v) is 5.93. The molecule has 2 N–H and O–H groups in total. The lowest BCUT2D eigenvalue weighted by Gasteiger charge is -2.03. The van der Waals surface area contributed by atoms with Crippen LogP contribution in [0.1, 0.15) is 11.1 Å². The van der Waals surface area contributed by atoms with E-state index in [2.05, 4.69) is 22.0 Å². The van der Waals surface area contributed by atoms with Crippen molar-refractivity contribution in [2.75, 3.05) is 12.8 Å². The number of ether oxygens (including phenoxy) is 1. The Balaban J connectivity index is 2.19. The molecule has 2 aromatic heterocycles. The SMILES string of the molecule is COCc1cccc(-c2nc3c(C)cc(Br)cn3c2N)c1. The summed E-state index contributed by atoms with van der Waals surface area (Å²) >= 11 is 3.49. The Kier molecular flexibility index (Phi) is 3.69. The number of benzene rings is 1. The van der Waals surface area contributed by atoms with Crippen LogP contribution in [0.15, 0.2) is 41.0 Å². The first-order valence-corrected chi connectivity index (χ1v) is 7.41. The second-order valence-electron chi connectivity index (χ2n) is 5.01. The summed E-state index contributed by atoms with van der Waals surface area (Å²) in [5.74, 6) is 0.643. The molecule has 0 bridgehead atoms. The van der Waals surface area contributed by atoms with Crippen LogP contribution in [0.5, 0.6) is 0 Å². The van der Waals surface area contributed by atoms with E-state index < -0.39 is 0 Å². The molecule has 2 heterocycles. The minimum Gasteiger partial charge on any atom is -0.383 e. The van der Waals surface area contributed by atoms with Gasteiger partial charge in [-0.2, -0.15) is 0 Å². The number of hydrogen-bond donors (Lipinski definition) is 1. The van der Waals surface area contributed by atoms with Gasteiger partial charge in [0.1, 0.15) is 17.2 Å². The van der Waals surface area contributed by atoms with E-state index >= 15 is 0 Å². The minimum absolute atomic E-state index is 0.575. The Morgan fingerprint density at radius 3 is 2.90 bits per heavy atom. The van der Waals surface area contributed by atoms with Crippen LogP contribution in [0.3, 0.4) is 0 Å². The number of halogens is 1. The highest BCUT2D eigenvalue weighted by Gasteiger charge is 2.13. The summed E-state index contributed by atoms with van der Waals surface area (Å²) in [4.78, 5) is 4.70. The van der Waals surface area contributed by atoms with E-state index in [1.807, 2.05) is 41.8 Å². The number of aryl methyl sites for hydroxylation is 1. The first kappa shape index (κ1) is 14.1. The Bertz CT molecular complexity index is 811. The summed E-state index contributed by atoms with van der Waals surface area (Å²) in [6.07, 6.45) is 1.94. The molecular weight excluding hydrogens is 330 g/mol. The van der Waals surface area contributed by atoms with Crippen LogP contribution >= 0.6 is 15.9 Å². The number of hydrogen-bond acceptors (Lipinski definition) is 3. The number of nitrogen functional groups attached to an aromatic ring is 1. The van der Waals surface area contributed by atoms with E-state index in [1.165, 1.54) is 0 Å². The van der Waals surface area contributed by atoms with E-state index in [4.69, 9.17) is 15.5 Å². The van der Waals surface area contributed by atoms with Gasteiger partial charge in [-0.05, 0) is 46.1 Å². The number of imidazole rings is 1. The predicted octanol–water partition coefficient (Wildman–Crippen LogP) is 3.80. The largest absolute Gasteiger partial charge is 0.383 e. The molecule has 1 aromatic carbocycles. The van der Waals surface area contributed by atoms with Crippen molar-refractivity contribution >= 4 is 27.4 Å². The monoisotopic (exact) mass is 345 g/mol. The van der Waals surface area contributed by atoms with Gasteiger partial charge in [0.2, 0.25) is 0 Å². The molecule has 3 aromatic rings. The van der Waals surface area contributed by atoms with Gasteiger partial charge in [0, 0.05) is 23.3 Å².